The minimum Gasteiger partial charge on any atom is -0.463 e. The van der Waals surface area contributed by atoms with Gasteiger partial charge in [-0.2, -0.15) is 0 Å². The first-order chi connectivity index (χ1) is 11.8. The quantitative estimate of drug-likeness (QED) is 0.506. The van der Waals surface area contributed by atoms with E-state index in [-0.39, 0.29) is 23.6 Å². The fourth-order valence-electron chi connectivity index (χ4n) is 2.63. The Morgan fingerprint density at radius 3 is 2.40 bits per heavy atom. The van der Waals surface area contributed by atoms with Crippen molar-refractivity contribution in [1.82, 2.24) is 10.2 Å². The van der Waals surface area contributed by atoms with Gasteiger partial charge in [0, 0.05) is 24.8 Å². The predicted octanol–water partition coefficient (Wildman–Crippen LogP) is 2.04. The first kappa shape index (κ1) is 18.1. The number of amides is 3. The number of esters is 1. The fourth-order valence-corrected chi connectivity index (χ4v) is 2.63. The van der Waals surface area contributed by atoms with Crippen molar-refractivity contribution in [2.24, 2.45) is 0 Å². The van der Waals surface area contributed by atoms with Crippen molar-refractivity contribution in [1.29, 1.82) is 0 Å². The third-order valence-corrected chi connectivity index (χ3v) is 3.70. The molecule has 0 radical (unpaired) electrons. The van der Waals surface area contributed by atoms with Gasteiger partial charge in [0.1, 0.15) is 6.04 Å². The summed E-state index contributed by atoms with van der Waals surface area (Å²) in [5, 5.41) is 13.3. The molecule has 0 bridgehead atoms. The molecule has 1 aliphatic heterocycles. The molecular formula is C16H17N3O6. The second kappa shape index (κ2) is 7.12. The maximum atomic E-state index is 12.4. The SMILES string of the molecule is CCOC(=O)C1=C(C)NC(=O)N(C(C)=O)[C@H]1c1ccc([N+](=O)[O-])cc1. The van der Waals surface area contributed by atoms with E-state index in [1.54, 1.807) is 6.92 Å². The van der Waals surface area contributed by atoms with Crippen LogP contribution in [0.25, 0.3) is 0 Å². The largest absolute Gasteiger partial charge is 0.463 e. The lowest BCUT2D eigenvalue weighted by atomic mass is 9.93. The molecule has 2 rings (SSSR count). The average molecular weight is 347 g/mol. The maximum absolute atomic E-state index is 12.4. The smallest absolute Gasteiger partial charge is 0.338 e. The second-order valence-corrected chi connectivity index (χ2v) is 5.33. The molecule has 1 N–H and O–H groups in total. The standard InChI is InChI=1S/C16H17N3O6/c1-4-25-15(21)13-9(2)17-16(22)18(10(3)20)14(13)11-5-7-12(8-6-11)19(23)24/h5-8,14H,4H2,1-3H3,(H,17,22)/t14-/m0/s1. The van der Waals surface area contributed by atoms with E-state index in [9.17, 15) is 24.5 Å². The molecule has 0 spiro atoms. The zero-order valence-electron chi connectivity index (χ0n) is 13.9. The van der Waals surface area contributed by atoms with Gasteiger partial charge in [-0.25, -0.2) is 9.59 Å². The monoisotopic (exact) mass is 347 g/mol. The third kappa shape index (κ3) is 3.49. The lowest BCUT2D eigenvalue weighted by Gasteiger charge is -2.35. The van der Waals surface area contributed by atoms with Crippen LogP contribution >= 0.6 is 0 Å². The number of carbonyl (C=O) groups excluding carboxylic acids is 3. The topological polar surface area (TPSA) is 119 Å². The summed E-state index contributed by atoms with van der Waals surface area (Å²) in [7, 11) is 0. The summed E-state index contributed by atoms with van der Waals surface area (Å²) in [6.07, 6.45) is 0. The van der Waals surface area contributed by atoms with E-state index < -0.39 is 28.9 Å². The van der Waals surface area contributed by atoms with Crippen molar-refractivity contribution < 1.29 is 24.0 Å². The Labute approximate surface area is 143 Å². The average Bonchev–Trinajstić information content (AvgIpc) is 2.53. The second-order valence-electron chi connectivity index (χ2n) is 5.33. The molecule has 0 unspecified atom stereocenters. The van der Waals surface area contributed by atoms with E-state index in [1.807, 2.05) is 0 Å². The number of nitro benzene ring substituents is 1. The first-order valence-corrected chi connectivity index (χ1v) is 7.51. The van der Waals surface area contributed by atoms with E-state index in [0.29, 0.717) is 5.56 Å². The van der Waals surface area contributed by atoms with E-state index in [1.165, 1.54) is 38.1 Å². The highest BCUT2D eigenvalue weighted by molar-refractivity contribution is 6.01. The molecule has 9 heteroatoms. The normalized spacial score (nSPS) is 17.2. The van der Waals surface area contributed by atoms with Crippen LogP contribution in [0.4, 0.5) is 10.5 Å². The predicted molar refractivity (Wildman–Crippen MR) is 86.2 cm³/mol. The Bertz CT molecular complexity index is 769. The number of carbonyl (C=O) groups is 3. The van der Waals surface area contributed by atoms with Crippen LogP contribution in [0.15, 0.2) is 35.5 Å². The Hall–Kier alpha value is -3.23. The molecule has 9 nitrogen and oxygen atoms in total. The minimum absolute atomic E-state index is 0.102. The first-order valence-electron chi connectivity index (χ1n) is 7.51. The molecule has 1 atom stereocenters. The lowest BCUT2D eigenvalue weighted by molar-refractivity contribution is -0.384. The van der Waals surface area contributed by atoms with Crippen molar-refractivity contribution in [3.63, 3.8) is 0 Å². The van der Waals surface area contributed by atoms with E-state index >= 15 is 0 Å². The highest BCUT2D eigenvalue weighted by Crippen LogP contribution is 2.35. The zero-order chi connectivity index (χ0) is 18.7. The van der Waals surface area contributed by atoms with Gasteiger partial charge in [-0.1, -0.05) is 0 Å². The van der Waals surface area contributed by atoms with Crippen LogP contribution in [0.1, 0.15) is 32.4 Å². The maximum Gasteiger partial charge on any atom is 0.338 e. The van der Waals surface area contributed by atoms with Crippen LogP contribution in [0.3, 0.4) is 0 Å². The number of nitrogens with one attached hydrogen (secondary N) is 1. The van der Waals surface area contributed by atoms with Crippen LogP contribution < -0.4 is 5.32 Å². The van der Waals surface area contributed by atoms with Gasteiger partial charge in [0.2, 0.25) is 5.91 Å². The molecule has 0 fully saturated rings. The zero-order valence-corrected chi connectivity index (χ0v) is 13.9. The summed E-state index contributed by atoms with van der Waals surface area (Å²) in [6, 6.07) is 3.61. The molecule has 25 heavy (non-hydrogen) atoms. The van der Waals surface area contributed by atoms with Gasteiger partial charge in [-0.05, 0) is 31.5 Å². The van der Waals surface area contributed by atoms with Crippen LogP contribution in [-0.2, 0) is 14.3 Å². The van der Waals surface area contributed by atoms with E-state index in [0.717, 1.165) is 4.90 Å². The number of benzene rings is 1. The summed E-state index contributed by atoms with van der Waals surface area (Å²) in [5.74, 6) is -1.25. The molecule has 0 aromatic heterocycles. The molecule has 1 heterocycles. The molecule has 1 aromatic carbocycles. The van der Waals surface area contributed by atoms with Crippen LogP contribution in [0.5, 0.6) is 0 Å². The highest BCUT2D eigenvalue weighted by Gasteiger charge is 2.40. The minimum atomic E-state index is -1.02. The lowest BCUT2D eigenvalue weighted by Crippen LogP contribution is -2.50. The number of nitrogens with zero attached hydrogens (tertiary/aromatic N) is 2. The number of allylic oxidation sites excluding steroid dienone is 1. The Balaban J connectivity index is 2.60. The number of urea groups is 1. The van der Waals surface area contributed by atoms with Gasteiger partial charge in [0.05, 0.1) is 17.1 Å². The Morgan fingerprint density at radius 1 is 1.32 bits per heavy atom. The molecule has 3 amide bonds. The van der Waals surface area contributed by atoms with Gasteiger partial charge in [-0.15, -0.1) is 0 Å². The molecule has 132 valence electrons. The number of rotatable bonds is 4. The molecule has 0 aliphatic carbocycles. The van der Waals surface area contributed by atoms with Crippen LogP contribution in [0.2, 0.25) is 0 Å². The highest BCUT2D eigenvalue weighted by atomic mass is 16.6. The summed E-state index contributed by atoms with van der Waals surface area (Å²) >= 11 is 0. The Kier molecular flexibility index (Phi) is 5.16. The van der Waals surface area contributed by atoms with Crippen molar-refractivity contribution in [3.05, 3.63) is 51.2 Å². The number of hydrogen-bond donors (Lipinski definition) is 1. The third-order valence-electron chi connectivity index (χ3n) is 3.70. The number of imide groups is 1. The summed E-state index contributed by atoms with van der Waals surface area (Å²) in [5.41, 5.74) is 0.615. The van der Waals surface area contributed by atoms with Gasteiger partial charge in [0.15, 0.2) is 0 Å². The van der Waals surface area contributed by atoms with Crippen molar-refractivity contribution >= 4 is 23.6 Å². The van der Waals surface area contributed by atoms with Crippen molar-refractivity contribution in [2.45, 2.75) is 26.8 Å². The van der Waals surface area contributed by atoms with Crippen molar-refractivity contribution in [2.75, 3.05) is 6.61 Å². The van der Waals surface area contributed by atoms with E-state index in [2.05, 4.69) is 5.32 Å². The van der Waals surface area contributed by atoms with E-state index in [4.69, 9.17) is 4.74 Å². The molecule has 0 saturated heterocycles. The van der Waals surface area contributed by atoms with Gasteiger partial charge in [-0.3, -0.25) is 19.8 Å². The molecule has 1 aromatic rings. The summed E-state index contributed by atoms with van der Waals surface area (Å²) < 4.78 is 5.03. The molecule has 1 aliphatic rings. The number of nitro groups is 1. The Morgan fingerprint density at radius 2 is 1.92 bits per heavy atom. The molecule has 0 saturated carbocycles. The summed E-state index contributed by atoms with van der Waals surface area (Å²) in [4.78, 5) is 47.7. The van der Waals surface area contributed by atoms with Crippen LogP contribution in [0, 0.1) is 10.1 Å². The van der Waals surface area contributed by atoms with Gasteiger partial charge < -0.3 is 10.1 Å². The summed E-state index contributed by atoms with van der Waals surface area (Å²) in [6.45, 7) is 4.48. The van der Waals surface area contributed by atoms with Crippen LogP contribution in [-0.4, -0.2) is 34.3 Å². The number of non-ortho nitro benzene ring substituents is 1. The number of ether oxygens (including phenoxy) is 1. The number of hydrogen-bond acceptors (Lipinski definition) is 6. The van der Waals surface area contributed by atoms with Gasteiger partial charge in [0.25, 0.3) is 5.69 Å². The van der Waals surface area contributed by atoms with Crippen molar-refractivity contribution in [3.8, 4) is 0 Å². The fraction of sp³-hybridized carbons (Fsp3) is 0.312. The van der Waals surface area contributed by atoms with Gasteiger partial charge >= 0.3 is 12.0 Å². The molecular weight excluding hydrogens is 330 g/mol.